The molecular weight excluding hydrogens is 602 g/mol. The van der Waals surface area contributed by atoms with Gasteiger partial charge in [0.15, 0.2) is 0 Å². The number of piperidine rings is 1. The van der Waals surface area contributed by atoms with Crippen molar-refractivity contribution in [1.29, 1.82) is 0 Å². The quantitative estimate of drug-likeness (QED) is 0.165. The summed E-state index contributed by atoms with van der Waals surface area (Å²) in [5.74, 6) is 2.88. The van der Waals surface area contributed by atoms with Crippen LogP contribution in [-0.2, 0) is 20.1 Å². The van der Waals surface area contributed by atoms with Gasteiger partial charge in [0.25, 0.3) is 5.56 Å². The summed E-state index contributed by atoms with van der Waals surface area (Å²) < 4.78 is 16.6. The Hall–Kier alpha value is -5.82. The van der Waals surface area contributed by atoms with Gasteiger partial charge in [-0.05, 0) is 71.5 Å². The number of aromatic nitrogens is 5. The summed E-state index contributed by atoms with van der Waals surface area (Å²) in [6.45, 7) is 10.5. The number of benzene rings is 4. The highest BCUT2D eigenvalue weighted by atomic mass is 16.5. The van der Waals surface area contributed by atoms with Gasteiger partial charge in [-0.3, -0.25) is 9.48 Å². The molecule has 10 nitrogen and oxygen atoms in total. The molecule has 0 atom stereocenters. The minimum atomic E-state index is -0.0662. The Morgan fingerprint density at radius 3 is 2.08 bits per heavy atom. The maximum Gasteiger partial charge on any atom is 0.274 e. The van der Waals surface area contributed by atoms with E-state index in [0.717, 1.165) is 76.7 Å². The second-order valence-electron chi connectivity index (χ2n) is 12.2. The number of para-hydroxylation sites is 1. The molecule has 1 aliphatic rings. The van der Waals surface area contributed by atoms with Crippen LogP contribution in [0.3, 0.4) is 0 Å². The Labute approximate surface area is 279 Å². The first-order valence-corrected chi connectivity index (χ1v) is 16.1. The first kappa shape index (κ1) is 30.8. The standard InChI is InChI=1S/C38H37N7O3/c1-39-34-7-5-6-32(36(34)43-20-18-28(19-21-43)37-41-40-25-42(37)2)29-12-17-35-33(22-29)38(46)45(24-27-10-15-31(48-4)16-11-27)44(35)23-26-8-13-30(47-3)14-9-26/h5-17,22,25,28H,18-21,23-24H2,2-4H3. The van der Waals surface area contributed by atoms with E-state index in [4.69, 9.17) is 16.0 Å². The molecule has 0 unspecified atom stereocenters. The van der Waals surface area contributed by atoms with E-state index in [2.05, 4.69) is 36.8 Å². The van der Waals surface area contributed by atoms with Gasteiger partial charge in [0, 0.05) is 31.7 Å². The molecule has 1 aliphatic heterocycles. The molecule has 242 valence electrons. The van der Waals surface area contributed by atoms with Gasteiger partial charge in [-0.25, -0.2) is 9.53 Å². The van der Waals surface area contributed by atoms with E-state index in [1.807, 2.05) is 89.1 Å². The van der Waals surface area contributed by atoms with Gasteiger partial charge in [-0.2, -0.15) is 0 Å². The van der Waals surface area contributed by atoms with Crippen molar-refractivity contribution < 1.29 is 9.47 Å². The van der Waals surface area contributed by atoms with Gasteiger partial charge in [0.1, 0.15) is 23.7 Å². The normalized spacial score (nSPS) is 13.5. The van der Waals surface area contributed by atoms with E-state index in [1.165, 1.54) is 0 Å². The van der Waals surface area contributed by atoms with Crippen LogP contribution in [0.15, 0.2) is 96.1 Å². The van der Waals surface area contributed by atoms with Gasteiger partial charge in [-0.1, -0.05) is 48.5 Å². The molecule has 0 saturated carbocycles. The third kappa shape index (κ3) is 5.79. The minimum Gasteiger partial charge on any atom is -0.497 e. The van der Waals surface area contributed by atoms with E-state index in [9.17, 15) is 4.79 Å². The first-order valence-electron chi connectivity index (χ1n) is 16.1. The number of aryl methyl sites for hydroxylation is 1. The summed E-state index contributed by atoms with van der Waals surface area (Å²) in [5.41, 5.74) is 6.22. The minimum absolute atomic E-state index is 0.0662. The van der Waals surface area contributed by atoms with Gasteiger partial charge in [0.2, 0.25) is 5.69 Å². The van der Waals surface area contributed by atoms with Crippen LogP contribution in [-0.4, -0.2) is 51.4 Å². The van der Waals surface area contributed by atoms with E-state index in [1.54, 1.807) is 20.5 Å². The lowest BCUT2D eigenvalue weighted by Gasteiger charge is -2.35. The van der Waals surface area contributed by atoms with Gasteiger partial charge in [0.05, 0.1) is 44.8 Å². The first-order chi connectivity index (χ1) is 23.5. The average Bonchev–Trinajstić information content (AvgIpc) is 3.68. The number of rotatable bonds is 9. The van der Waals surface area contributed by atoms with E-state index in [-0.39, 0.29) is 5.56 Å². The van der Waals surface area contributed by atoms with Crippen LogP contribution in [0.4, 0.5) is 11.4 Å². The fourth-order valence-corrected chi connectivity index (χ4v) is 6.82. The molecule has 0 aliphatic carbocycles. The number of anilines is 1. The second kappa shape index (κ2) is 13.1. The summed E-state index contributed by atoms with van der Waals surface area (Å²) in [6, 6.07) is 27.7. The molecule has 6 aromatic rings. The van der Waals surface area contributed by atoms with E-state index < -0.39 is 0 Å². The lowest BCUT2D eigenvalue weighted by molar-refractivity contribution is 0.414. The highest BCUT2D eigenvalue weighted by Crippen LogP contribution is 2.42. The second-order valence-corrected chi connectivity index (χ2v) is 12.2. The van der Waals surface area contributed by atoms with Crippen LogP contribution in [0.25, 0.3) is 26.9 Å². The zero-order valence-electron chi connectivity index (χ0n) is 27.3. The van der Waals surface area contributed by atoms with Crippen LogP contribution < -0.4 is 19.9 Å². The molecule has 48 heavy (non-hydrogen) atoms. The zero-order valence-corrected chi connectivity index (χ0v) is 27.3. The van der Waals surface area contributed by atoms with Crippen LogP contribution in [0.2, 0.25) is 0 Å². The molecule has 7 rings (SSSR count). The Morgan fingerprint density at radius 2 is 1.50 bits per heavy atom. The van der Waals surface area contributed by atoms with Crippen molar-refractivity contribution in [3.63, 3.8) is 0 Å². The van der Waals surface area contributed by atoms with E-state index >= 15 is 0 Å². The summed E-state index contributed by atoms with van der Waals surface area (Å²) in [4.78, 5) is 20.5. The number of methoxy groups -OCH3 is 2. The van der Waals surface area contributed by atoms with Gasteiger partial charge in [-0.15, -0.1) is 10.2 Å². The lowest BCUT2D eigenvalue weighted by Crippen LogP contribution is -2.34. The zero-order chi connectivity index (χ0) is 33.2. The number of nitrogens with zero attached hydrogens (tertiary/aromatic N) is 7. The van der Waals surface area contributed by atoms with Crippen molar-refractivity contribution in [2.45, 2.75) is 31.8 Å². The molecule has 0 bridgehead atoms. The highest BCUT2D eigenvalue weighted by molar-refractivity contribution is 5.92. The monoisotopic (exact) mass is 639 g/mol. The number of ether oxygens (including phenoxy) is 2. The molecular formula is C38H37N7O3. The largest absolute Gasteiger partial charge is 0.497 e. The third-order valence-electron chi connectivity index (χ3n) is 9.38. The molecule has 0 radical (unpaired) electrons. The maximum atomic E-state index is 14.3. The van der Waals surface area contributed by atoms with Crippen molar-refractivity contribution in [3.05, 3.63) is 130 Å². The van der Waals surface area contributed by atoms with Crippen molar-refractivity contribution >= 4 is 22.3 Å². The SMILES string of the molecule is [C-]#[N+]c1cccc(-c2ccc3c(c2)c(=O)n(Cc2ccc(OC)cc2)n3Cc2ccc(OC)cc2)c1N1CCC(c2nncn2C)CC1. The number of hydrogen-bond acceptors (Lipinski definition) is 6. The predicted molar refractivity (Wildman–Crippen MR) is 187 cm³/mol. The number of hydrogen-bond donors (Lipinski definition) is 0. The Kier molecular flexibility index (Phi) is 8.42. The summed E-state index contributed by atoms with van der Waals surface area (Å²) in [6.07, 6.45) is 3.59. The molecule has 0 spiro atoms. The molecule has 0 amide bonds. The average molecular weight is 640 g/mol. The van der Waals surface area contributed by atoms with Crippen LogP contribution >= 0.6 is 0 Å². The summed E-state index contributed by atoms with van der Waals surface area (Å²) in [5, 5.41) is 9.06. The lowest BCUT2D eigenvalue weighted by atomic mass is 9.93. The maximum absolute atomic E-state index is 14.3. The van der Waals surface area contributed by atoms with Gasteiger partial charge >= 0.3 is 0 Å². The Morgan fingerprint density at radius 1 is 0.854 bits per heavy atom. The topological polar surface area (TPSA) is 83.7 Å². The highest BCUT2D eigenvalue weighted by Gasteiger charge is 2.27. The summed E-state index contributed by atoms with van der Waals surface area (Å²) >= 11 is 0. The molecule has 1 saturated heterocycles. The molecule has 4 aromatic carbocycles. The predicted octanol–water partition coefficient (Wildman–Crippen LogP) is 6.65. The van der Waals surface area contributed by atoms with Crippen molar-refractivity contribution in [2.24, 2.45) is 7.05 Å². The van der Waals surface area contributed by atoms with Crippen molar-refractivity contribution in [2.75, 3.05) is 32.2 Å². The van der Waals surface area contributed by atoms with Crippen LogP contribution in [0.5, 0.6) is 11.5 Å². The van der Waals surface area contributed by atoms with Gasteiger partial charge < -0.3 is 18.9 Å². The smallest absolute Gasteiger partial charge is 0.274 e. The Balaban J connectivity index is 1.28. The fraction of sp³-hybridized carbons (Fsp3) is 0.263. The van der Waals surface area contributed by atoms with Crippen LogP contribution in [0.1, 0.15) is 35.7 Å². The van der Waals surface area contributed by atoms with Crippen molar-refractivity contribution in [1.82, 2.24) is 24.1 Å². The van der Waals surface area contributed by atoms with E-state index in [0.29, 0.717) is 30.1 Å². The molecule has 3 heterocycles. The Bertz CT molecular complexity index is 2160. The fourth-order valence-electron chi connectivity index (χ4n) is 6.82. The molecule has 10 heteroatoms. The number of fused-ring (bicyclic) bond motifs is 1. The molecule has 1 fully saturated rings. The molecule has 2 aromatic heterocycles. The third-order valence-corrected chi connectivity index (χ3v) is 9.38. The van der Waals surface area contributed by atoms with Crippen molar-refractivity contribution in [3.8, 4) is 22.6 Å². The summed E-state index contributed by atoms with van der Waals surface area (Å²) in [7, 11) is 5.28. The molecule has 0 N–H and O–H groups in total. The van der Waals surface area contributed by atoms with Crippen LogP contribution in [0, 0.1) is 6.57 Å².